The summed E-state index contributed by atoms with van der Waals surface area (Å²) in [4.78, 5) is 14.9. The quantitative estimate of drug-likeness (QED) is 0.644. The molecule has 9 heteroatoms. The molecule has 160 valence electrons. The maximum atomic E-state index is 13.1. The van der Waals surface area contributed by atoms with E-state index in [1.54, 1.807) is 16.7 Å². The van der Waals surface area contributed by atoms with Gasteiger partial charge in [-0.25, -0.2) is 0 Å². The molecular weight excluding hydrogens is 430 g/mol. The molecule has 2 N–H and O–H groups in total. The van der Waals surface area contributed by atoms with Crippen LogP contribution in [0.5, 0.6) is 5.75 Å². The number of nitrogens with zero attached hydrogens (tertiary/aromatic N) is 4. The summed E-state index contributed by atoms with van der Waals surface area (Å²) in [5.74, 6) is 1.52. The van der Waals surface area contributed by atoms with Crippen molar-refractivity contribution in [3.8, 4) is 11.8 Å². The highest BCUT2D eigenvalue weighted by Gasteiger charge is 2.41. The Labute approximate surface area is 189 Å². The monoisotopic (exact) mass is 453 g/mol. The molecule has 0 bridgehead atoms. The summed E-state index contributed by atoms with van der Waals surface area (Å²) in [5.41, 5.74) is 9.23. The van der Waals surface area contributed by atoms with Gasteiger partial charge in [-0.2, -0.15) is 5.26 Å². The molecule has 1 aromatic carbocycles. The third-order valence-electron chi connectivity index (χ3n) is 5.29. The molecule has 2 aromatic rings. The lowest BCUT2D eigenvalue weighted by atomic mass is 9.76. The van der Waals surface area contributed by atoms with E-state index < -0.39 is 5.92 Å². The van der Waals surface area contributed by atoms with Crippen LogP contribution >= 0.6 is 23.1 Å². The van der Waals surface area contributed by atoms with E-state index in [1.165, 1.54) is 11.3 Å². The van der Waals surface area contributed by atoms with Gasteiger partial charge >= 0.3 is 0 Å². The molecule has 0 fully saturated rings. The molecule has 2 aliphatic rings. The molecule has 1 atom stereocenters. The highest BCUT2D eigenvalue weighted by molar-refractivity contribution is 8.01. The lowest BCUT2D eigenvalue weighted by molar-refractivity contribution is -0.116. The maximum absolute atomic E-state index is 13.1. The van der Waals surface area contributed by atoms with Gasteiger partial charge in [0.05, 0.1) is 24.2 Å². The van der Waals surface area contributed by atoms with Crippen LogP contribution in [0, 0.1) is 11.3 Å². The number of nitriles is 1. The fourth-order valence-corrected chi connectivity index (χ4v) is 5.81. The smallest absolute Gasteiger partial charge is 0.219 e. The van der Waals surface area contributed by atoms with Crippen molar-refractivity contribution in [3.63, 3.8) is 0 Å². The van der Waals surface area contributed by atoms with E-state index in [2.05, 4.69) is 23.2 Å². The number of carbonyl (C=O) groups is 1. The zero-order valence-corrected chi connectivity index (χ0v) is 19.1. The standard InChI is InChI=1S/C22H23N5O2S2/c1-3-29-14-10-8-13(9-11-14)18-15(12-23)20(24)27(16-6-5-7-17(28)19(16)18)21-25-26-22(31-21)30-4-2/h8-11,18H,3-7,24H2,1-2H3. The van der Waals surface area contributed by atoms with Crippen LogP contribution in [-0.4, -0.2) is 28.3 Å². The average Bonchev–Trinajstić information content (AvgIpc) is 3.22. The molecule has 0 saturated heterocycles. The Balaban J connectivity index is 1.85. The number of benzene rings is 1. The number of ether oxygens (including phenoxy) is 1. The fraction of sp³-hybridized carbons (Fsp3) is 0.364. The van der Waals surface area contributed by atoms with Crippen LogP contribution in [0.1, 0.15) is 44.6 Å². The van der Waals surface area contributed by atoms with Crippen molar-refractivity contribution in [2.75, 3.05) is 17.3 Å². The van der Waals surface area contributed by atoms with Gasteiger partial charge in [-0.3, -0.25) is 9.69 Å². The molecule has 0 saturated carbocycles. The highest BCUT2D eigenvalue weighted by Crippen LogP contribution is 2.47. The lowest BCUT2D eigenvalue weighted by Crippen LogP contribution is -2.38. The van der Waals surface area contributed by atoms with Crippen molar-refractivity contribution in [1.82, 2.24) is 10.2 Å². The summed E-state index contributed by atoms with van der Waals surface area (Å²) in [5, 5.41) is 19.2. The highest BCUT2D eigenvalue weighted by atomic mass is 32.2. The Morgan fingerprint density at radius 1 is 1.29 bits per heavy atom. The Kier molecular flexibility index (Phi) is 6.30. The van der Waals surface area contributed by atoms with E-state index in [1.807, 2.05) is 31.2 Å². The van der Waals surface area contributed by atoms with Crippen LogP contribution in [0.15, 0.2) is 51.3 Å². The first-order valence-corrected chi connectivity index (χ1v) is 12.0. The van der Waals surface area contributed by atoms with E-state index in [-0.39, 0.29) is 5.78 Å². The molecule has 1 aromatic heterocycles. The van der Waals surface area contributed by atoms with Crippen molar-refractivity contribution in [2.45, 2.75) is 43.4 Å². The number of thioether (sulfide) groups is 1. The van der Waals surface area contributed by atoms with Gasteiger partial charge in [0.25, 0.3) is 0 Å². The average molecular weight is 454 g/mol. The largest absolute Gasteiger partial charge is 0.494 e. The van der Waals surface area contributed by atoms with Crippen LogP contribution in [0.2, 0.25) is 0 Å². The van der Waals surface area contributed by atoms with E-state index in [4.69, 9.17) is 10.5 Å². The Bertz CT molecular complexity index is 1100. The normalized spacial score (nSPS) is 18.8. The molecular formula is C22H23N5O2S2. The number of hydrogen-bond donors (Lipinski definition) is 1. The van der Waals surface area contributed by atoms with Gasteiger partial charge in [-0.05, 0) is 43.2 Å². The number of Topliss-reactive ketones (excluding diaryl/α,β-unsaturated/α-hetero) is 1. The Hall–Kier alpha value is -2.83. The number of aromatic nitrogens is 2. The number of ketones is 1. The van der Waals surface area contributed by atoms with E-state index in [0.717, 1.165) is 33.5 Å². The summed E-state index contributed by atoms with van der Waals surface area (Å²) in [6, 6.07) is 9.81. The first kappa shape index (κ1) is 21.4. The first-order valence-electron chi connectivity index (χ1n) is 10.2. The predicted octanol–water partition coefficient (Wildman–Crippen LogP) is 4.35. The van der Waals surface area contributed by atoms with E-state index in [0.29, 0.717) is 41.5 Å². The van der Waals surface area contributed by atoms with Crippen LogP contribution < -0.4 is 15.4 Å². The summed E-state index contributed by atoms with van der Waals surface area (Å²) in [6.45, 7) is 4.55. The van der Waals surface area contributed by atoms with Gasteiger partial charge < -0.3 is 10.5 Å². The number of anilines is 1. The fourth-order valence-electron chi connectivity index (χ4n) is 4.04. The molecule has 4 rings (SSSR count). The SMILES string of the molecule is CCOc1ccc(C2C(C#N)=C(N)N(c3nnc(SCC)s3)C3=C2C(=O)CCC3)cc1. The van der Waals surface area contributed by atoms with Crippen molar-refractivity contribution in [2.24, 2.45) is 5.73 Å². The number of rotatable bonds is 6. The molecule has 1 aliphatic carbocycles. The van der Waals surface area contributed by atoms with E-state index in [9.17, 15) is 10.1 Å². The maximum Gasteiger partial charge on any atom is 0.219 e. The molecule has 31 heavy (non-hydrogen) atoms. The van der Waals surface area contributed by atoms with Crippen LogP contribution in [0.4, 0.5) is 5.13 Å². The lowest BCUT2D eigenvalue weighted by Gasteiger charge is -2.38. The van der Waals surface area contributed by atoms with Crippen LogP contribution in [0.3, 0.4) is 0 Å². The van der Waals surface area contributed by atoms with Gasteiger partial charge in [-0.1, -0.05) is 42.2 Å². The molecule has 2 heterocycles. The zero-order valence-electron chi connectivity index (χ0n) is 17.4. The number of carbonyl (C=O) groups excluding carboxylic acids is 1. The second-order valence-corrected chi connectivity index (χ2v) is 9.57. The van der Waals surface area contributed by atoms with Crippen LogP contribution in [0.25, 0.3) is 0 Å². The molecule has 1 unspecified atom stereocenters. The minimum atomic E-state index is -0.489. The minimum Gasteiger partial charge on any atom is -0.494 e. The third-order valence-corrected chi connectivity index (χ3v) is 7.22. The summed E-state index contributed by atoms with van der Waals surface area (Å²) < 4.78 is 6.38. The van der Waals surface area contributed by atoms with Gasteiger partial charge in [0, 0.05) is 17.7 Å². The summed E-state index contributed by atoms with van der Waals surface area (Å²) in [6.07, 6.45) is 1.91. The van der Waals surface area contributed by atoms with Gasteiger partial charge in [-0.15, -0.1) is 10.2 Å². The number of hydrogen-bond acceptors (Lipinski definition) is 9. The second kappa shape index (κ2) is 9.12. The van der Waals surface area contributed by atoms with Crippen LogP contribution in [-0.2, 0) is 4.79 Å². The summed E-state index contributed by atoms with van der Waals surface area (Å²) >= 11 is 3.02. The van der Waals surface area contributed by atoms with Gasteiger partial charge in [0.15, 0.2) is 10.1 Å². The minimum absolute atomic E-state index is 0.0538. The van der Waals surface area contributed by atoms with Crippen molar-refractivity contribution in [1.29, 1.82) is 5.26 Å². The number of allylic oxidation sites excluding steroid dienone is 3. The molecule has 0 spiro atoms. The molecule has 0 amide bonds. The predicted molar refractivity (Wildman–Crippen MR) is 122 cm³/mol. The van der Waals surface area contributed by atoms with E-state index >= 15 is 0 Å². The zero-order chi connectivity index (χ0) is 22.0. The molecule has 1 aliphatic heterocycles. The van der Waals surface area contributed by atoms with Gasteiger partial charge in [0.2, 0.25) is 5.13 Å². The third kappa shape index (κ3) is 3.93. The van der Waals surface area contributed by atoms with Crippen molar-refractivity contribution in [3.05, 3.63) is 52.5 Å². The molecule has 0 radical (unpaired) electrons. The first-order chi connectivity index (χ1) is 15.1. The Morgan fingerprint density at radius 2 is 2.06 bits per heavy atom. The van der Waals surface area contributed by atoms with Crippen molar-refractivity contribution >= 4 is 34.0 Å². The van der Waals surface area contributed by atoms with Crippen molar-refractivity contribution < 1.29 is 9.53 Å². The molecule has 7 nitrogen and oxygen atoms in total. The number of nitrogens with two attached hydrogens (primary N) is 1. The van der Waals surface area contributed by atoms with Gasteiger partial charge in [0.1, 0.15) is 11.6 Å². The summed E-state index contributed by atoms with van der Waals surface area (Å²) in [7, 11) is 0. The topological polar surface area (TPSA) is 105 Å². The Morgan fingerprint density at radius 3 is 2.74 bits per heavy atom. The second-order valence-electron chi connectivity index (χ2n) is 7.10.